The molecule has 0 spiro atoms. The number of carbonyl (C=O) groups excluding carboxylic acids is 1. The van der Waals surface area contributed by atoms with Crippen LogP contribution in [0.1, 0.15) is 18.9 Å². The summed E-state index contributed by atoms with van der Waals surface area (Å²) in [5.41, 5.74) is 2.14. The predicted octanol–water partition coefficient (Wildman–Crippen LogP) is 1.99. The SMILES string of the molecule is CCCc1ccc2c(c1)N(C)C(=O)CO2. The first-order valence-electron chi connectivity index (χ1n) is 5.24. The fourth-order valence-corrected chi connectivity index (χ4v) is 1.76. The molecule has 0 radical (unpaired) electrons. The van der Waals surface area contributed by atoms with E-state index in [4.69, 9.17) is 4.74 Å². The van der Waals surface area contributed by atoms with Gasteiger partial charge in [-0.25, -0.2) is 0 Å². The van der Waals surface area contributed by atoms with E-state index in [1.54, 1.807) is 11.9 Å². The maximum atomic E-state index is 11.4. The molecule has 1 aromatic carbocycles. The first-order chi connectivity index (χ1) is 7.22. The number of rotatable bonds is 2. The van der Waals surface area contributed by atoms with Crippen molar-refractivity contribution in [2.45, 2.75) is 19.8 Å². The minimum absolute atomic E-state index is 0.0103. The van der Waals surface area contributed by atoms with Gasteiger partial charge in [-0.2, -0.15) is 0 Å². The molecule has 1 aromatic rings. The molecule has 0 aromatic heterocycles. The van der Waals surface area contributed by atoms with Gasteiger partial charge in [0.1, 0.15) is 5.75 Å². The van der Waals surface area contributed by atoms with Gasteiger partial charge in [0, 0.05) is 7.05 Å². The van der Waals surface area contributed by atoms with Gasteiger partial charge in [0.2, 0.25) is 0 Å². The molecule has 2 rings (SSSR count). The van der Waals surface area contributed by atoms with Gasteiger partial charge >= 0.3 is 0 Å². The Morgan fingerprint density at radius 3 is 3.00 bits per heavy atom. The smallest absolute Gasteiger partial charge is 0.264 e. The predicted molar refractivity (Wildman–Crippen MR) is 59.3 cm³/mol. The van der Waals surface area contributed by atoms with Crippen molar-refractivity contribution in [3.05, 3.63) is 23.8 Å². The van der Waals surface area contributed by atoms with Crippen LogP contribution in [0.3, 0.4) is 0 Å². The Morgan fingerprint density at radius 2 is 2.27 bits per heavy atom. The summed E-state index contributed by atoms with van der Waals surface area (Å²) in [6.45, 7) is 2.29. The van der Waals surface area contributed by atoms with E-state index >= 15 is 0 Å². The van der Waals surface area contributed by atoms with Crippen molar-refractivity contribution < 1.29 is 9.53 Å². The molecular weight excluding hydrogens is 190 g/mol. The second kappa shape index (κ2) is 3.93. The van der Waals surface area contributed by atoms with Gasteiger partial charge < -0.3 is 9.64 Å². The number of ether oxygens (including phenoxy) is 1. The molecule has 0 saturated carbocycles. The Hall–Kier alpha value is -1.51. The highest BCUT2D eigenvalue weighted by Crippen LogP contribution is 2.32. The molecular formula is C12H15NO2. The van der Waals surface area contributed by atoms with Gasteiger partial charge in [-0.3, -0.25) is 4.79 Å². The first-order valence-corrected chi connectivity index (χ1v) is 5.24. The highest BCUT2D eigenvalue weighted by molar-refractivity contribution is 5.97. The Morgan fingerprint density at radius 1 is 1.47 bits per heavy atom. The molecule has 1 aliphatic heterocycles. The number of amides is 1. The maximum absolute atomic E-state index is 11.4. The van der Waals surface area contributed by atoms with Crippen molar-refractivity contribution in [2.24, 2.45) is 0 Å². The van der Waals surface area contributed by atoms with Crippen molar-refractivity contribution in [1.82, 2.24) is 0 Å². The van der Waals surface area contributed by atoms with Gasteiger partial charge in [-0.05, 0) is 24.1 Å². The van der Waals surface area contributed by atoms with Crippen molar-refractivity contribution in [1.29, 1.82) is 0 Å². The van der Waals surface area contributed by atoms with Crippen LogP contribution in [-0.4, -0.2) is 19.6 Å². The fraction of sp³-hybridized carbons (Fsp3) is 0.417. The fourth-order valence-electron chi connectivity index (χ4n) is 1.76. The molecule has 0 bridgehead atoms. The molecule has 0 aliphatic carbocycles. The number of carbonyl (C=O) groups is 1. The summed E-state index contributed by atoms with van der Waals surface area (Å²) in [7, 11) is 1.79. The van der Waals surface area contributed by atoms with Gasteiger partial charge in [-0.1, -0.05) is 19.4 Å². The van der Waals surface area contributed by atoms with Crippen molar-refractivity contribution in [3.8, 4) is 5.75 Å². The average molecular weight is 205 g/mol. The number of likely N-dealkylation sites (N-methyl/N-ethyl adjacent to an activating group) is 1. The lowest BCUT2D eigenvalue weighted by atomic mass is 10.1. The number of aryl methyl sites for hydroxylation is 1. The zero-order chi connectivity index (χ0) is 10.8. The monoisotopic (exact) mass is 205 g/mol. The van der Waals surface area contributed by atoms with Crippen LogP contribution in [0.2, 0.25) is 0 Å². The summed E-state index contributed by atoms with van der Waals surface area (Å²) in [6, 6.07) is 6.05. The quantitative estimate of drug-likeness (QED) is 0.739. The molecule has 3 heteroatoms. The lowest BCUT2D eigenvalue weighted by Crippen LogP contribution is -2.35. The van der Waals surface area contributed by atoms with Crippen LogP contribution in [0, 0.1) is 0 Å². The molecule has 0 saturated heterocycles. The molecule has 0 fully saturated rings. The molecule has 0 N–H and O–H groups in total. The van der Waals surface area contributed by atoms with Gasteiger partial charge in [0.25, 0.3) is 5.91 Å². The number of hydrogen-bond acceptors (Lipinski definition) is 2. The summed E-state index contributed by atoms with van der Waals surface area (Å²) in [5, 5.41) is 0. The van der Waals surface area contributed by atoms with E-state index in [0.717, 1.165) is 24.3 Å². The molecule has 3 nitrogen and oxygen atoms in total. The molecule has 1 amide bonds. The Balaban J connectivity index is 2.36. The van der Waals surface area contributed by atoms with E-state index < -0.39 is 0 Å². The third-order valence-corrected chi connectivity index (χ3v) is 2.65. The Labute approximate surface area is 89.7 Å². The van der Waals surface area contributed by atoms with E-state index in [9.17, 15) is 4.79 Å². The van der Waals surface area contributed by atoms with Gasteiger partial charge in [-0.15, -0.1) is 0 Å². The molecule has 0 unspecified atom stereocenters. The van der Waals surface area contributed by atoms with Crippen LogP contribution in [0.25, 0.3) is 0 Å². The number of fused-ring (bicyclic) bond motifs is 1. The van der Waals surface area contributed by atoms with E-state index in [0.29, 0.717) is 0 Å². The zero-order valence-corrected chi connectivity index (χ0v) is 9.12. The largest absolute Gasteiger partial charge is 0.482 e. The maximum Gasteiger partial charge on any atom is 0.264 e. The van der Waals surface area contributed by atoms with E-state index in [1.807, 2.05) is 12.1 Å². The Kier molecular flexibility index (Phi) is 2.62. The number of hydrogen-bond donors (Lipinski definition) is 0. The van der Waals surface area contributed by atoms with Crippen molar-refractivity contribution >= 4 is 11.6 Å². The van der Waals surface area contributed by atoms with Crippen molar-refractivity contribution in [2.75, 3.05) is 18.6 Å². The minimum atomic E-state index is 0.0103. The highest BCUT2D eigenvalue weighted by atomic mass is 16.5. The molecule has 80 valence electrons. The van der Waals surface area contributed by atoms with Crippen LogP contribution in [0.5, 0.6) is 5.75 Å². The topological polar surface area (TPSA) is 29.5 Å². The standard InChI is InChI=1S/C12H15NO2/c1-3-4-9-5-6-11-10(7-9)13(2)12(14)8-15-11/h5-7H,3-4,8H2,1-2H3. The van der Waals surface area contributed by atoms with Crippen LogP contribution in [0.4, 0.5) is 5.69 Å². The van der Waals surface area contributed by atoms with E-state index in [1.165, 1.54) is 5.56 Å². The molecule has 0 atom stereocenters. The highest BCUT2D eigenvalue weighted by Gasteiger charge is 2.21. The number of benzene rings is 1. The van der Waals surface area contributed by atoms with Gasteiger partial charge in [0.05, 0.1) is 5.69 Å². The lowest BCUT2D eigenvalue weighted by molar-refractivity contribution is -0.120. The summed E-state index contributed by atoms with van der Waals surface area (Å²) >= 11 is 0. The second-order valence-electron chi connectivity index (χ2n) is 3.79. The third kappa shape index (κ3) is 1.82. The number of nitrogens with zero attached hydrogens (tertiary/aromatic N) is 1. The summed E-state index contributed by atoms with van der Waals surface area (Å²) < 4.78 is 5.35. The summed E-state index contributed by atoms with van der Waals surface area (Å²) in [4.78, 5) is 13.1. The van der Waals surface area contributed by atoms with Crippen molar-refractivity contribution in [3.63, 3.8) is 0 Å². The first kappa shape index (κ1) is 10.0. The van der Waals surface area contributed by atoms with Crippen LogP contribution < -0.4 is 9.64 Å². The van der Waals surface area contributed by atoms with Crippen LogP contribution in [0.15, 0.2) is 18.2 Å². The Bertz CT molecular complexity index is 387. The zero-order valence-electron chi connectivity index (χ0n) is 9.12. The van der Waals surface area contributed by atoms with E-state index in [-0.39, 0.29) is 12.5 Å². The summed E-state index contributed by atoms with van der Waals surface area (Å²) in [6.07, 6.45) is 2.15. The molecule has 1 aliphatic rings. The average Bonchev–Trinajstić information content (AvgIpc) is 2.25. The molecule has 15 heavy (non-hydrogen) atoms. The normalized spacial score (nSPS) is 14.8. The third-order valence-electron chi connectivity index (χ3n) is 2.65. The molecule has 1 heterocycles. The van der Waals surface area contributed by atoms with Crippen LogP contribution >= 0.6 is 0 Å². The van der Waals surface area contributed by atoms with E-state index in [2.05, 4.69) is 13.0 Å². The lowest BCUT2D eigenvalue weighted by Gasteiger charge is -2.26. The second-order valence-corrected chi connectivity index (χ2v) is 3.79. The number of anilines is 1. The minimum Gasteiger partial charge on any atom is -0.482 e. The van der Waals surface area contributed by atoms with Gasteiger partial charge in [0.15, 0.2) is 6.61 Å². The van der Waals surface area contributed by atoms with Crippen LogP contribution in [-0.2, 0) is 11.2 Å². The summed E-state index contributed by atoms with van der Waals surface area (Å²) in [5.74, 6) is 0.813.